The van der Waals surface area contributed by atoms with Gasteiger partial charge in [-0.3, -0.25) is 0 Å². The van der Waals surface area contributed by atoms with Crippen molar-refractivity contribution in [3.63, 3.8) is 0 Å². The molecule has 1 nitrogen and oxygen atoms in total. The molecule has 0 aliphatic heterocycles. The molecule has 11 heavy (non-hydrogen) atoms. The first kappa shape index (κ1) is 7.60. The zero-order valence-electron chi connectivity index (χ0n) is 8.80. The van der Waals surface area contributed by atoms with Gasteiger partial charge in [0.15, 0.2) is 0 Å². The van der Waals surface area contributed by atoms with Crippen LogP contribution in [0.25, 0.3) is 0 Å². The molecule has 0 amide bonds. The van der Waals surface area contributed by atoms with Crippen LogP contribution in [0.1, 0.15) is 41.4 Å². The van der Waals surface area contributed by atoms with Crippen molar-refractivity contribution in [2.75, 3.05) is 0 Å². The summed E-state index contributed by atoms with van der Waals surface area (Å²) < 4.78 is 7.80. The normalized spacial score (nSPS) is 47.5. The lowest BCUT2D eigenvalue weighted by Gasteiger charge is -2.33. The van der Waals surface area contributed by atoms with E-state index >= 15 is 0 Å². The molecule has 0 aromatic rings. The van der Waals surface area contributed by atoms with E-state index in [4.69, 9.17) is 1.37 Å². The van der Waals surface area contributed by atoms with Crippen molar-refractivity contribution >= 4 is 0 Å². The van der Waals surface area contributed by atoms with Gasteiger partial charge in [-0.15, -0.1) is 0 Å². The Hall–Kier alpha value is -0.0400. The van der Waals surface area contributed by atoms with Crippen LogP contribution in [0.3, 0.4) is 0 Å². The minimum atomic E-state index is -1.16. The summed E-state index contributed by atoms with van der Waals surface area (Å²) >= 11 is 0. The molecule has 0 aromatic carbocycles. The quantitative estimate of drug-likeness (QED) is 0.621. The molecule has 0 heterocycles. The fourth-order valence-electron chi connectivity index (χ4n) is 1.96. The van der Waals surface area contributed by atoms with Gasteiger partial charge in [-0.1, -0.05) is 27.2 Å². The highest BCUT2D eigenvalue weighted by molar-refractivity contribution is 4.79. The second-order valence-corrected chi connectivity index (χ2v) is 4.23. The number of aliphatic hydroxyl groups is 1. The highest BCUT2D eigenvalue weighted by atomic mass is 16.3. The van der Waals surface area contributed by atoms with Gasteiger partial charge in [-0.25, -0.2) is 0 Å². The van der Waals surface area contributed by atoms with Gasteiger partial charge in [0.25, 0.3) is 0 Å². The van der Waals surface area contributed by atoms with Gasteiger partial charge in [-0.2, -0.15) is 0 Å². The van der Waals surface area contributed by atoms with Gasteiger partial charge in [0, 0.05) is 0 Å². The Morgan fingerprint density at radius 3 is 2.55 bits per heavy atom. The molecule has 1 fully saturated rings. The van der Waals surface area contributed by atoms with E-state index in [0.717, 1.165) is 6.42 Å². The van der Waals surface area contributed by atoms with Crippen LogP contribution in [-0.4, -0.2) is 11.2 Å². The third kappa shape index (κ3) is 2.19. The lowest BCUT2D eigenvalue weighted by molar-refractivity contribution is 0.0266. The molecule has 1 saturated carbocycles. The molecule has 1 N–H and O–H groups in total. The van der Waals surface area contributed by atoms with Crippen LogP contribution in [0.4, 0.5) is 0 Å². The highest BCUT2D eigenvalue weighted by Crippen LogP contribution is 2.33. The Balaban J connectivity index is 2.64. The molecule has 0 radical (unpaired) electrons. The second kappa shape index (κ2) is 3.57. The lowest BCUT2D eigenvalue weighted by Crippen LogP contribution is -2.31. The highest BCUT2D eigenvalue weighted by Gasteiger charge is 2.28. The molecule has 1 rings (SSSR count). The molecular formula is C10H20O. The Morgan fingerprint density at radius 1 is 1.45 bits per heavy atom. The summed E-state index contributed by atoms with van der Waals surface area (Å²) in [4.78, 5) is 0. The van der Waals surface area contributed by atoms with E-state index in [1.165, 1.54) is 6.42 Å². The maximum atomic E-state index is 9.84. The molecule has 0 spiro atoms. The Labute approximate surface area is 71.2 Å². The van der Waals surface area contributed by atoms with Crippen LogP contribution in [-0.2, 0) is 0 Å². The maximum Gasteiger partial charge on any atom is 0.0604 e. The SMILES string of the molecule is [3H]C1(O)CC(C)CCC1C(C)C. The Kier molecular flexibility index (Phi) is 2.47. The van der Waals surface area contributed by atoms with Crippen molar-refractivity contribution < 1.29 is 6.48 Å². The first-order valence-electron chi connectivity index (χ1n) is 5.16. The van der Waals surface area contributed by atoms with Crippen molar-refractivity contribution in [1.29, 1.82) is 0 Å². The predicted molar refractivity (Wildman–Crippen MR) is 47.3 cm³/mol. The fourth-order valence-corrected chi connectivity index (χ4v) is 1.96. The summed E-state index contributed by atoms with van der Waals surface area (Å²) in [6.07, 6.45) is 1.67. The molecular weight excluding hydrogens is 136 g/mol. The summed E-state index contributed by atoms with van der Waals surface area (Å²) in [7, 11) is 0. The molecule has 0 bridgehead atoms. The summed E-state index contributed by atoms with van der Waals surface area (Å²) in [6, 6.07) is 0. The van der Waals surface area contributed by atoms with Crippen molar-refractivity contribution in [2.24, 2.45) is 17.8 Å². The maximum absolute atomic E-state index is 9.84. The van der Waals surface area contributed by atoms with E-state index in [1.54, 1.807) is 0 Å². The summed E-state index contributed by atoms with van der Waals surface area (Å²) in [6.45, 7) is 6.32. The first-order chi connectivity index (χ1) is 5.43. The minimum absolute atomic E-state index is 0.175. The van der Waals surface area contributed by atoms with Crippen molar-refractivity contribution in [1.82, 2.24) is 0 Å². The lowest BCUT2D eigenvalue weighted by atomic mass is 9.75. The van der Waals surface area contributed by atoms with Crippen molar-refractivity contribution in [2.45, 2.75) is 46.1 Å². The molecule has 66 valence electrons. The predicted octanol–water partition coefficient (Wildman–Crippen LogP) is 2.44. The van der Waals surface area contributed by atoms with E-state index in [-0.39, 0.29) is 5.92 Å². The monoisotopic (exact) mass is 158 g/mol. The average molecular weight is 158 g/mol. The van der Waals surface area contributed by atoms with Crippen molar-refractivity contribution in [3.05, 3.63) is 0 Å². The van der Waals surface area contributed by atoms with E-state index in [2.05, 4.69) is 20.8 Å². The van der Waals surface area contributed by atoms with Crippen LogP contribution in [0, 0.1) is 17.8 Å². The van der Waals surface area contributed by atoms with Gasteiger partial charge in [0.2, 0.25) is 0 Å². The van der Waals surface area contributed by atoms with Crippen LogP contribution in [0.15, 0.2) is 0 Å². The van der Waals surface area contributed by atoms with Gasteiger partial charge in [0.05, 0.1) is 7.45 Å². The molecule has 3 atom stereocenters. The van der Waals surface area contributed by atoms with Crippen molar-refractivity contribution in [3.8, 4) is 0 Å². The van der Waals surface area contributed by atoms with E-state index < -0.39 is 6.08 Å². The Morgan fingerprint density at radius 2 is 2.09 bits per heavy atom. The van der Waals surface area contributed by atoms with E-state index in [9.17, 15) is 5.11 Å². The van der Waals surface area contributed by atoms with Gasteiger partial charge in [-0.05, 0) is 30.6 Å². The fraction of sp³-hybridized carbons (Fsp3) is 1.00. The standard InChI is InChI=1S/C10H20O/c1-7(2)9-5-4-8(3)6-10(9)11/h7-11H,4-6H2,1-3H3/i10T. The summed E-state index contributed by atoms with van der Waals surface area (Å²) in [5.41, 5.74) is 0. The third-order valence-electron chi connectivity index (χ3n) is 2.76. The molecule has 0 saturated heterocycles. The van der Waals surface area contributed by atoms with Crippen LogP contribution in [0.5, 0.6) is 0 Å². The minimum Gasteiger partial charge on any atom is -0.393 e. The molecule has 3 unspecified atom stereocenters. The largest absolute Gasteiger partial charge is 0.393 e. The summed E-state index contributed by atoms with van der Waals surface area (Å²) in [5.74, 6) is 1.12. The zero-order valence-corrected chi connectivity index (χ0v) is 7.80. The zero-order chi connectivity index (χ0) is 9.35. The smallest absolute Gasteiger partial charge is 0.0604 e. The topological polar surface area (TPSA) is 20.2 Å². The van der Waals surface area contributed by atoms with Gasteiger partial charge < -0.3 is 5.11 Å². The molecule has 0 aromatic heterocycles. The molecule has 1 heteroatoms. The number of hydrogen-bond donors (Lipinski definition) is 1. The second-order valence-electron chi connectivity index (χ2n) is 4.23. The summed E-state index contributed by atoms with van der Waals surface area (Å²) in [5, 5.41) is 9.84. The first-order valence-corrected chi connectivity index (χ1v) is 4.66. The van der Waals surface area contributed by atoms with E-state index in [0.29, 0.717) is 18.3 Å². The van der Waals surface area contributed by atoms with Crippen LogP contribution >= 0.6 is 0 Å². The molecule has 1 aliphatic rings. The van der Waals surface area contributed by atoms with Crippen LogP contribution < -0.4 is 0 Å². The Bertz CT molecular complexity index is 154. The molecule has 1 aliphatic carbocycles. The van der Waals surface area contributed by atoms with E-state index in [1.807, 2.05) is 0 Å². The number of rotatable bonds is 1. The average Bonchev–Trinajstić information content (AvgIpc) is 1.82. The van der Waals surface area contributed by atoms with Gasteiger partial charge in [0.1, 0.15) is 0 Å². The third-order valence-corrected chi connectivity index (χ3v) is 2.76. The van der Waals surface area contributed by atoms with Gasteiger partial charge >= 0.3 is 0 Å². The number of hydrogen-bond acceptors (Lipinski definition) is 1. The van der Waals surface area contributed by atoms with Crippen LogP contribution in [0.2, 0.25) is 0 Å².